The van der Waals surface area contributed by atoms with Crippen molar-refractivity contribution in [1.82, 2.24) is 15.5 Å². The van der Waals surface area contributed by atoms with E-state index in [0.29, 0.717) is 12.4 Å². The van der Waals surface area contributed by atoms with Crippen molar-refractivity contribution in [3.63, 3.8) is 0 Å². The number of anilines is 1. The predicted molar refractivity (Wildman–Crippen MR) is 105 cm³/mol. The zero-order valence-corrected chi connectivity index (χ0v) is 16.2. The molecule has 0 amide bonds. The molecule has 0 aliphatic heterocycles. The second kappa shape index (κ2) is 9.72. The second-order valence-electron chi connectivity index (χ2n) is 6.68. The second-order valence-corrected chi connectivity index (χ2v) is 7.68. The Bertz CT molecular complexity index is 682. The maximum Gasteiger partial charge on any atom is 0.162 e. The molecule has 5 N–H and O–H groups in total. The SMILES string of the molecule is Cc1ccccc1OCC(O)CNC(C)(C)CSc1ccc(NN)nn1. The van der Waals surface area contributed by atoms with Gasteiger partial charge in [-0.15, -0.1) is 22.0 Å². The summed E-state index contributed by atoms with van der Waals surface area (Å²) in [6.07, 6.45) is -0.589. The average molecular weight is 378 g/mol. The third-order valence-electron chi connectivity index (χ3n) is 3.71. The molecule has 0 aliphatic rings. The van der Waals surface area contributed by atoms with Crippen molar-refractivity contribution in [3.8, 4) is 5.75 Å². The zero-order chi connectivity index (χ0) is 19.0. The van der Waals surface area contributed by atoms with Gasteiger partial charge in [-0.2, -0.15) is 0 Å². The number of hydrazine groups is 1. The van der Waals surface area contributed by atoms with Gasteiger partial charge in [-0.25, -0.2) is 5.84 Å². The van der Waals surface area contributed by atoms with E-state index in [9.17, 15) is 5.11 Å². The Morgan fingerprint density at radius 3 is 2.65 bits per heavy atom. The van der Waals surface area contributed by atoms with E-state index in [1.54, 1.807) is 17.8 Å². The number of nitrogen functional groups attached to an aromatic ring is 1. The highest BCUT2D eigenvalue weighted by Gasteiger charge is 2.19. The number of aliphatic hydroxyl groups excluding tert-OH is 1. The van der Waals surface area contributed by atoms with Crippen LogP contribution in [0.1, 0.15) is 19.4 Å². The lowest BCUT2D eigenvalue weighted by Crippen LogP contribution is -2.46. The Morgan fingerprint density at radius 1 is 1.23 bits per heavy atom. The third-order valence-corrected chi connectivity index (χ3v) is 5.09. The first-order valence-electron chi connectivity index (χ1n) is 8.44. The molecule has 0 aliphatic carbocycles. The molecule has 1 aromatic heterocycles. The van der Waals surface area contributed by atoms with E-state index in [4.69, 9.17) is 10.6 Å². The number of β-amino-alcohol motifs (C(OH)–C–C–N with tert-alkyl or cyclic N) is 1. The molecule has 1 aromatic carbocycles. The van der Waals surface area contributed by atoms with Crippen LogP contribution in [0.5, 0.6) is 5.75 Å². The van der Waals surface area contributed by atoms with Gasteiger partial charge in [0.15, 0.2) is 5.82 Å². The largest absolute Gasteiger partial charge is 0.491 e. The van der Waals surface area contributed by atoms with Gasteiger partial charge in [-0.05, 0) is 44.5 Å². The fourth-order valence-corrected chi connectivity index (χ4v) is 3.01. The molecule has 0 bridgehead atoms. The van der Waals surface area contributed by atoms with Gasteiger partial charge in [-0.3, -0.25) is 0 Å². The molecule has 142 valence electrons. The molecule has 8 heteroatoms. The number of aromatic nitrogens is 2. The monoisotopic (exact) mass is 377 g/mol. The van der Waals surface area contributed by atoms with Gasteiger partial charge in [0.25, 0.3) is 0 Å². The van der Waals surface area contributed by atoms with Gasteiger partial charge in [0.2, 0.25) is 0 Å². The van der Waals surface area contributed by atoms with Crippen LogP contribution in [-0.4, -0.2) is 45.9 Å². The van der Waals surface area contributed by atoms with Gasteiger partial charge in [0.1, 0.15) is 23.5 Å². The lowest BCUT2D eigenvalue weighted by atomic mass is 10.1. The van der Waals surface area contributed by atoms with Crippen LogP contribution in [0.4, 0.5) is 5.82 Å². The van der Waals surface area contributed by atoms with E-state index >= 15 is 0 Å². The molecular formula is C18H27N5O2S. The maximum atomic E-state index is 10.2. The van der Waals surface area contributed by atoms with E-state index in [0.717, 1.165) is 22.1 Å². The quantitative estimate of drug-likeness (QED) is 0.283. The summed E-state index contributed by atoms with van der Waals surface area (Å²) < 4.78 is 5.69. The van der Waals surface area contributed by atoms with Crippen LogP contribution in [-0.2, 0) is 0 Å². The molecule has 0 spiro atoms. The van der Waals surface area contributed by atoms with Gasteiger partial charge >= 0.3 is 0 Å². The van der Waals surface area contributed by atoms with Crippen molar-refractivity contribution in [2.75, 3.05) is 24.3 Å². The number of rotatable bonds is 10. The number of hydrogen-bond donors (Lipinski definition) is 4. The van der Waals surface area contributed by atoms with Gasteiger partial charge in [0, 0.05) is 17.8 Å². The molecule has 2 aromatic rings. The van der Waals surface area contributed by atoms with Gasteiger partial charge in [0.05, 0.1) is 0 Å². The first kappa shape index (κ1) is 20.4. The predicted octanol–water partition coefficient (Wildman–Crippen LogP) is 1.97. The van der Waals surface area contributed by atoms with E-state index < -0.39 is 6.10 Å². The normalized spacial score (nSPS) is 12.7. The van der Waals surface area contributed by atoms with Crippen LogP contribution in [0.2, 0.25) is 0 Å². The summed E-state index contributed by atoms with van der Waals surface area (Å²) in [6.45, 7) is 6.84. The number of benzene rings is 1. The molecule has 0 radical (unpaired) electrons. The minimum atomic E-state index is -0.589. The summed E-state index contributed by atoms with van der Waals surface area (Å²) >= 11 is 1.59. The van der Waals surface area contributed by atoms with E-state index in [1.165, 1.54) is 0 Å². The smallest absolute Gasteiger partial charge is 0.162 e. The highest BCUT2D eigenvalue weighted by Crippen LogP contribution is 2.21. The third kappa shape index (κ3) is 6.80. The molecule has 26 heavy (non-hydrogen) atoms. The van der Waals surface area contributed by atoms with Crippen molar-refractivity contribution in [2.45, 2.75) is 37.4 Å². The molecule has 7 nitrogen and oxygen atoms in total. The van der Waals surface area contributed by atoms with Crippen molar-refractivity contribution in [1.29, 1.82) is 0 Å². The van der Waals surface area contributed by atoms with Crippen LogP contribution in [0.3, 0.4) is 0 Å². The lowest BCUT2D eigenvalue weighted by Gasteiger charge is -2.27. The Balaban J connectivity index is 1.72. The molecular weight excluding hydrogens is 350 g/mol. The Morgan fingerprint density at radius 2 is 2.00 bits per heavy atom. The molecule has 2 rings (SSSR count). The number of thioether (sulfide) groups is 1. The number of nitrogens with two attached hydrogens (primary N) is 1. The van der Waals surface area contributed by atoms with E-state index in [1.807, 2.05) is 37.3 Å². The van der Waals surface area contributed by atoms with Crippen LogP contribution in [0, 0.1) is 6.92 Å². The summed E-state index contributed by atoms with van der Waals surface area (Å²) in [5.41, 5.74) is 3.33. The van der Waals surface area contributed by atoms with Crippen molar-refractivity contribution < 1.29 is 9.84 Å². The Hall–Kier alpha value is -1.87. The Labute approximate surface area is 158 Å². The van der Waals surface area contributed by atoms with Crippen LogP contribution >= 0.6 is 11.8 Å². The zero-order valence-electron chi connectivity index (χ0n) is 15.4. The van der Waals surface area contributed by atoms with E-state index in [2.05, 4.69) is 34.8 Å². The molecule has 0 saturated heterocycles. The molecule has 1 unspecified atom stereocenters. The summed E-state index contributed by atoms with van der Waals surface area (Å²) in [6, 6.07) is 11.4. The van der Waals surface area contributed by atoms with Crippen LogP contribution < -0.4 is 21.3 Å². The summed E-state index contributed by atoms with van der Waals surface area (Å²) in [7, 11) is 0. The van der Waals surface area contributed by atoms with Crippen molar-refractivity contribution >= 4 is 17.6 Å². The lowest BCUT2D eigenvalue weighted by molar-refractivity contribution is 0.1000. The highest BCUT2D eigenvalue weighted by atomic mass is 32.2. The topological polar surface area (TPSA) is 105 Å². The number of aliphatic hydroxyl groups is 1. The van der Waals surface area contributed by atoms with Gasteiger partial charge in [-0.1, -0.05) is 18.2 Å². The highest BCUT2D eigenvalue weighted by molar-refractivity contribution is 7.99. The standard InChI is InChI=1S/C18H27N5O2S/c1-13-6-4-5-7-15(13)25-11-14(24)10-20-18(2,3)12-26-17-9-8-16(21-19)22-23-17/h4-9,14,20,24H,10-12,19H2,1-3H3,(H,21,22). The molecule has 0 fully saturated rings. The maximum absolute atomic E-state index is 10.2. The van der Waals surface area contributed by atoms with Crippen molar-refractivity contribution in [2.24, 2.45) is 5.84 Å². The average Bonchev–Trinajstić information content (AvgIpc) is 2.65. The van der Waals surface area contributed by atoms with Gasteiger partial charge < -0.3 is 20.6 Å². The fraction of sp³-hybridized carbons (Fsp3) is 0.444. The number of para-hydroxylation sites is 1. The number of aryl methyl sites for hydroxylation is 1. The number of ether oxygens (including phenoxy) is 1. The van der Waals surface area contributed by atoms with E-state index in [-0.39, 0.29) is 12.1 Å². The molecule has 0 saturated carbocycles. The van der Waals surface area contributed by atoms with Crippen molar-refractivity contribution in [3.05, 3.63) is 42.0 Å². The molecule has 1 heterocycles. The Kier molecular flexibility index (Phi) is 7.65. The van der Waals surface area contributed by atoms with Crippen LogP contribution in [0.25, 0.3) is 0 Å². The minimum absolute atomic E-state index is 0.180. The van der Waals surface area contributed by atoms with Crippen LogP contribution in [0.15, 0.2) is 41.4 Å². The molecule has 1 atom stereocenters. The summed E-state index contributed by atoms with van der Waals surface area (Å²) in [5, 5.41) is 22.4. The first-order chi connectivity index (χ1) is 12.4. The number of hydrogen-bond acceptors (Lipinski definition) is 8. The minimum Gasteiger partial charge on any atom is -0.491 e. The fourth-order valence-electron chi connectivity index (χ4n) is 2.14. The summed E-state index contributed by atoms with van der Waals surface area (Å²) in [5.74, 6) is 7.39. The number of nitrogens with zero attached hydrogens (tertiary/aromatic N) is 2. The summed E-state index contributed by atoms with van der Waals surface area (Å²) in [4.78, 5) is 0. The number of nitrogens with one attached hydrogen (secondary N) is 2. The first-order valence-corrected chi connectivity index (χ1v) is 9.43.